The average molecular weight is 480 g/mol. The van der Waals surface area contributed by atoms with Crippen LogP contribution in [0.3, 0.4) is 0 Å². The third-order valence-electron chi connectivity index (χ3n) is 6.09. The van der Waals surface area contributed by atoms with E-state index in [9.17, 15) is 4.79 Å². The van der Waals surface area contributed by atoms with Crippen LogP contribution in [0.25, 0.3) is 0 Å². The standard InChI is InChI=1S/C27H41N7O/c1-3-5-17-33(18-6-4-2)19-7-12-28-20-23-8-10-24(11-9-23)27(35)34(21-25-29-13-14-30-25)22-26-31-15-16-32-26/h8-11,13-16,28H,3-7,12,17-22H2,1-2H3,(H,29,30)(H,31,32). The van der Waals surface area contributed by atoms with Crippen LogP contribution in [0.4, 0.5) is 0 Å². The minimum atomic E-state index is -0.0449. The number of carbonyl (C=O) groups is 1. The molecule has 0 saturated carbocycles. The summed E-state index contributed by atoms with van der Waals surface area (Å²) in [6.07, 6.45) is 13.1. The number of hydrogen-bond donors (Lipinski definition) is 3. The number of aromatic amines is 2. The Morgan fingerprint density at radius 1 is 0.857 bits per heavy atom. The van der Waals surface area contributed by atoms with Crippen LogP contribution < -0.4 is 5.32 Å². The SMILES string of the molecule is CCCCN(CCCC)CCCNCc1ccc(C(=O)N(Cc2ncc[nH]2)Cc2ncc[nH]2)cc1. The number of benzene rings is 1. The first kappa shape index (κ1) is 26.6. The van der Waals surface area contributed by atoms with E-state index in [-0.39, 0.29) is 5.91 Å². The van der Waals surface area contributed by atoms with Crippen molar-refractivity contribution < 1.29 is 4.79 Å². The van der Waals surface area contributed by atoms with Gasteiger partial charge in [0.1, 0.15) is 11.6 Å². The molecular formula is C27H41N7O. The molecule has 1 amide bonds. The molecule has 0 aliphatic carbocycles. The molecule has 2 aromatic heterocycles. The van der Waals surface area contributed by atoms with Crippen molar-refractivity contribution in [3.05, 3.63) is 71.8 Å². The molecule has 0 unspecified atom stereocenters. The number of imidazole rings is 2. The lowest BCUT2D eigenvalue weighted by Crippen LogP contribution is -2.31. The zero-order chi connectivity index (χ0) is 24.7. The molecule has 8 nitrogen and oxygen atoms in total. The average Bonchev–Trinajstić information content (AvgIpc) is 3.59. The minimum absolute atomic E-state index is 0.0449. The van der Waals surface area contributed by atoms with E-state index in [0.717, 1.165) is 37.7 Å². The Labute approximate surface area is 209 Å². The third kappa shape index (κ3) is 9.30. The van der Waals surface area contributed by atoms with Crippen LogP contribution in [0.1, 0.15) is 73.5 Å². The molecule has 0 aliphatic heterocycles. The Bertz CT molecular complexity index is 894. The van der Waals surface area contributed by atoms with E-state index in [1.165, 1.54) is 44.3 Å². The zero-order valence-corrected chi connectivity index (χ0v) is 21.3. The molecule has 0 bridgehead atoms. The van der Waals surface area contributed by atoms with Gasteiger partial charge in [-0.05, 0) is 63.1 Å². The summed E-state index contributed by atoms with van der Waals surface area (Å²) in [6, 6.07) is 7.89. The second-order valence-corrected chi connectivity index (χ2v) is 9.01. The summed E-state index contributed by atoms with van der Waals surface area (Å²) in [7, 11) is 0. The van der Waals surface area contributed by atoms with Crippen molar-refractivity contribution in [3.8, 4) is 0 Å². The van der Waals surface area contributed by atoms with Crippen molar-refractivity contribution in [2.24, 2.45) is 0 Å². The van der Waals surface area contributed by atoms with E-state index in [0.29, 0.717) is 18.7 Å². The number of aromatic nitrogens is 4. The lowest BCUT2D eigenvalue weighted by Gasteiger charge is -2.22. The monoisotopic (exact) mass is 479 g/mol. The molecule has 3 rings (SSSR count). The first-order valence-electron chi connectivity index (χ1n) is 13.0. The van der Waals surface area contributed by atoms with Gasteiger partial charge in [-0.25, -0.2) is 9.97 Å². The van der Waals surface area contributed by atoms with Crippen molar-refractivity contribution in [2.75, 3.05) is 26.2 Å². The summed E-state index contributed by atoms with van der Waals surface area (Å²) < 4.78 is 0. The maximum atomic E-state index is 13.2. The molecule has 0 aliphatic rings. The number of nitrogens with zero attached hydrogens (tertiary/aromatic N) is 4. The molecule has 8 heteroatoms. The van der Waals surface area contributed by atoms with Crippen LogP contribution in [0, 0.1) is 0 Å². The maximum absolute atomic E-state index is 13.2. The van der Waals surface area contributed by atoms with Gasteiger partial charge in [-0.15, -0.1) is 0 Å². The van der Waals surface area contributed by atoms with Gasteiger partial charge in [0.25, 0.3) is 5.91 Å². The fraction of sp³-hybridized carbons (Fsp3) is 0.519. The highest BCUT2D eigenvalue weighted by Crippen LogP contribution is 2.12. The molecule has 35 heavy (non-hydrogen) atoms. The van der Waals surface area contributed by atoms with Gasteiger partial charge in [-0.1, -0.05) is 38.8 Å². The summed E-state index contributed by atoms with van der Waals surface area (Å²) in [5, 5.41) is 3.55. The highest BCUT2D eigenvalue weighted by molar-refractivity contribution is 5.94. The van der Waals surface area contributed by atoms with Crippen LogP contribution in [-0.2, 0) is 19.6 Å². The molecule has 190 valence electrons. The van der Waals surface area contributed by atoms with Crippen LogP contribution in [0.15, 0.2) is 49.1 Å². The van der Waals surface area contributed by atoms with Gasteiger partial charge in [0.15, 0.2) is 0 Å². The number of hydrogen-bond acceptors (Lipinski definition) is 5. The number of unbranched alkanes of at least 4 members (excludes halogenated alkanes) is 2. The second-order valence-electron chi connectivity index (χ2n) is 9.01. The van der Waals surface area contributed by atoms with E-state index >= 15 is 0 Å². The molecule has 0 radical (unpaired) electrons. The molecule has 1 aromatic carbocycles. The number of amides is 1. The summed E-state index contributed by atoms with van der Waals surface area (Å²) in [4.78, 5) is 32.3. The summed E-state index contributed by atoms with van der Waals surface area (Å²) in [6.45, 7) is 10.7. The lowest BCUT2D eigenvalue weighted by atomic mass is 10.1. The van der Waals surface area contributed by atoms with Crippen molar-refractivity contribution in [1.82, 2.24) is 35.1 Å². The third-order valence-corrected chi connectivity index (χ3v) is 6.09. The van der Waals surface area contributed by atoms with Crippen molar-refractivity contribution in [2.45, 2.75) is 65.6 Å². The van der Waals surface area contributed by atoms with Gasteiger partial charge in [0.05, 0.1) is 13.1 Å². The van der Waals surface area contributed by atoms with E-state index in [4.69, 9.17) is 0 Å². The van der Waals surface area contributed by atoms with E-state index < -0.39 is 0 Å². The molecular weight excluding hydrogens is 438 g/mol. The van der Waals surface area contributed by atoms with Gasteiger partial charge in [-0.2, -0.15) is 0 Å². The van der Waals surface area contributed by atoms with E-state index in [1.54, 1.807) is 29.7 Å². The summed E-state index contributed by atoms with van der Waals surface area (Å²) in [5.41, 5.74) is 1.84. The number of nitrogens with one attached hydrogen (secondary N) is 3. The van der Waals surface area contributed by atoms with Gasteiger partial charge in [0.2, 0.25) is 0 Å². The quantitative estimate of drug-likeness (QED) is 0.250. The van der Waals surface area contributed by atoms with Gasteiger partial charge in [-0.3, -0.25) is 4.79 Å². The van der Waals surface area contributed by atoms with E-state index in [2.05, 4.69) is 44.0 Å². The Morgan fingerprint density at radius 3 is 1.94 bits per heavy atom. The topological polar surface area (TPSA) is 92.9 Å². The molecule has 3 aromatic rings. The smallest absolute Gasteiger partial charge is 0.254 e. The summed E-state index contributed by atoms with van der Waals surface area (Å²) in [5.74, 6) is 1.44. The normalized spacial score (nSPS) is 11.3. The minimum Gasteiger partial charge on any atom is -0.347 e. The first-order chi connectivity index (χ1) is 17.2. The Morgan fingerprint density at radius 2 is 1.43 bits per heavy atom. The fourth-order valence-corrected chi connectivity index (χ4v) is 4.04. The molecule has 0 atom stereocenters. The van der Waals surface area contributed by atoms with Gasteiger partial charge >= 0.3 is 0 Å². The van der Waals surface area contributed by atoms with Crippen LogP contribution in [0.2, 0.25) is 0 Å². The zero-order valence-electron chi connectivity index (χ0n) is 21.3. The van der Waals surface area contributed by atoms with Crippen LogP contribution in [-0.4, -0.2) is 61.8 Å². The highest BCUT2D eigenvalue weighted by atomic mass is 16.2. The lowest BCUT2D eigenvalue weighted by molar-refractivity contribution is 0.0721. The van der Waals surface area contributed by atoms with Gasteiger partial charge in [0, 0.05) is 36.9 Å². The highest BCUT2D eigenvalue weighted by Gasteiger charge is 2.18. The molecule has 3 N–H and O–H groups in total. The van der Waals surface area contributed by atoms with Crippen LogP contribution in [0.5, 0.6) is 0 Å². The van der Waals surface area contributed by atoms with Crippen molar-refractivity contribution in [1.29, 1.82) is 0 Å². The number of carbonyl (C=O) groups excluding carboxylic acids is 1. The second kappa shape index (κ2) is 15.1. The molecule has 0 saturated heterocycles. The maximum Gasteiger partial charge on any atom is 0.254 e. The molecule has 0 fully saturated rings. The predicted molar refractivity (Wildman–Crippen MR) is 140 cm³/mol. The van der Waals surface area contributed by atoms with Gasteiger partial charge < -0.3 is 25.1 Å². The Balaban J connectivity index is 1.47. The predicted octanol–water partition coefficient (Wildman–Crippen LogP) is 4.36. The molecule has 2 heterocycles. The molecule has 0 spiro atoms. The van der Waals surface area contributed by atoms with E-state index in [1.807, 2.05) is 24.3 Å². The largest absolute Gasteiger partial charge is 0.347 e. The van der Waals surface area contributed by atoms with Crippen molar-refractivity contribution >= 4 is 5.91 Å². The fourth-order valence-electron chi connectivity index (χ4n) is 4.04. The first-order valence-corrected chi connectivity index (χ1v) is 13.0. The van der Waals surface area contributed by atoms with Crippen molar-refractivity contribution in [3.63, 3.8) is 0 Å². The Kier molecular flexibility index (Phi) is 11.5. The number of rotatable bonds is 17. The Hall–Kier alpha value is -2.97. The number of H-pyrrole nitrogens is 2. The van der Waals surface area contributed by atoms with Crippen LogP contribution >= 0.6 is 0 Å². The summed E-state index contributed by atoms with van der Waals surface area (Å²) >= 11 is 0.